The maximum Gasteiger partial charge on any atom is 0.417 e. The van der Waals surface area contributed by atoms with E-state index in [0.717, 1.165) is 5.69 Å². The van der Waals surface area contributed by atoms with Gasteiger partial charge in [0, 0.05) is 47.5 Å². The number of aromatic amines is 1. The number of fused-ring (bicyclic) bond motifs is 2. The number of carbonyl (C=O) groups is 2. The van der Waals surface area contributed by atoms with Crippen molar-refractivity contribution in [1.29, 1.82) is 0 Å². The van der Waals surface area contributed by atoms with E-state index in [4.69, 9.17) is 16.0 Å². The molecular formula is C28H26ClN5O4. The fraction of sp³-hybridized carbons (Fsp3) is 0.179. The van der Waals surface area contributed by atoms with Crippen molar-refractivity contribution < 1.29 is 14.0 Å². The molecule has 1 aliphatic rings. The van der Waals surface area contributed by atoms with Gasteiger partial charge in [0.1, 0.15) is 0 Å². The van der Waals surface area contributed by atoms with Crippen LogP contribution >= 0.6 is 11.6 Å². The number of amides is 2. The first-order valence-electron chi connectivity index (χ1n) is 12.0. The number of nitrogens with one attached hydrogen (secondary N) is 3. The minimum atomic E-state index is -0.558. The zero-order chi connectivity index (χ0) is 27.0. The molecule has 9 nitrogen and oxygen atoms in total. The highest BCUT2D eigenvalue weighted by atomic mass is 35.5. The zero-order valence-corrected chi connectivity index (χ0v) is 21.8. The number of hydrogen-bond acceptors (Lipinski definition) is 6. The molecule has 5 rings (SSSR count). The molecule has 194 valence electrons. The van der Waals surface area contributed by atoms with E-state index in [9.17, 15) is 14.4 Å². The van der Waals surface area contributed by atoms with Gasteiger partial charge in [0.2, 0.25) is 5.91 Å². The number of nitrogens with zero attached hydrogens (tertiary/aromatic N) is 2. The summed E-state index contributed by atoms with van der Waals surface area (Å²) in [7, 11) is 5.61. The number of aromatic nitrogens is 1. The molecule has 0 spiro atoms. The lowest BCUT2D eigenvalue weighted by molar-refractivity contribution is -0.118. The van der Waals surface area contributed by atoms with E-state index < -0.39 is 5.76 Å². The molecule has 10 heteroatoms. The monoisotopic (exact) mass is 531 g/mol. The molecule has 0 aliphatic carbocycles. The second-order valence-electron chi connectivity index (χ2n) is 9.30. The second kappa shape index (κ2) is 10.2. The van der Waals surface area contributed by atoms with E-state index in [2.05, 4.69) is 15.6 Å². The van der Waals surface area contributed by atoms with Crippen LogP contribution in [0.4, 0.5) is 17.1 Å². The minimum absolute atomic E-state index is 0.0162. The van der Waals surface area contributed by atoms with Crippen molar-refractivity contribution in [2.45, 2.75) is 6.42 Å². The standard InChI is InChI=1S/C28H26ClN5O4/c1-33(2)13-12-24(35)34(3)19-8-6-18(7-9-19)30-26(16-4-11-23-22(14-16)32-28(37)38-23)25-20-10-5-17(29)15-21(20)31-27(25)36/h4-11,14-15,30H,12-13H2,1-3H3,(H,31,36)(H,32,37)/b26-25-. The third kappa shape index (κ3) is 5.06. The van der Waals surface area contributed by atoms with E-state index in [-0.39, 0.29) is 11.8 Å². The van der Waals surface area contributed by atoms with Crippen LogP contribution in [0.25, 0.3) is 22.4 Å². The summed E-state index contributed by atoms with van der Waals surface area (Å²) in [6, 6.07) is 17.8. The van der Waals surface area contributed by atoms with Crippen LogP contribution in [-0.2, 0) is 9.59 Å². The summed E-state index contributed by atoms with van der Waals surface area (Å²) < 4.78 is 5.15. The summed E-state index contributed by atoms with van der Waals surface area (Å²) in [5, 5.41) is 6.77. The topological polar surface area (TPSA) is 111 Å². The Labute approximate surface area is 223 Å². The van der Waals surface area contributed by atoms with Gasteiger partial charge in [0.15, 0.2) is 5.58 Å². The number of hydrogen-bond donors (Lipinski definition) is 3. The Morgan fingerprint density at radius 3 is 2.50 bits per heavy atom. The summed E-state index contributed by atoms with van der Waals surface area (Å²) in [4.78, 5) is 43.7. The molecule has 2 amide bonds. The third-order valence-corrected chi connectivity index (χ3v) is 6.59. The summed E-state index contributed by atoms with van der Waals surface area (Å²) in [5.74, 6) is -0.825. The maximum absolute atomic E-state index is 13.2. The largest absolute Gasteiger partial charge is 0.417 e. The number of rotatable bonds is 7. The van der Waals surface area contributed by atoms with Crippen molar-refractivity contribution in [3.63, 3.8) is 0 Å². The molecule has 0 atom stereocenters. The van der Waals surface area contributed by atoms with Gasteiger partial charge in [-0.1, -0.05) is 17.7 Å². The van der Waals surface area contributed by atoms with Crippen molar-refractivity contribution in [2.24, 2.45) is 0 Å². The van der Waals surface area contributed by atoms with E-state index in [1.807, 2.05) is 43.3 Å². The first-order chi connectivity index (χ1) is 18.2. The van der Waals surface area contributed by atoms with Gasteiger partial charge in [-0.25, -0.2) is 4.79 Å². The normalized spacial score (nSPS) is 14.0. The molecule has 0 saturated carbocycles. The van der Waals surface area contributed by atoms with Crippen LogP contribution in [0.1, 0.15) is 17.5 Å². The maximum atomic E-state index is 13.2. The van der Waals surface area contributed by atoms with Crippen LogP contribution < -0.4 is 21.3 Å². The van der Waals surface area contributed by atoms with Crippen LogP contribution in [0.3, 0.4) is 0 Å². The molecule has 3 aromatic carbocycles. The predicted octanol–water partition coefficient (Wildman–Crippen LogP) is 4.62. The third-order valence-electron chi connectivity index (χ3n) is 6.35. The first-order valence-corrected chi connectivity index (χ1v) is 12.3. The molecule has 3 N–H and O–H groups in total. The summed E-state index contributed by atoms with van der Waals surface area (Å²) in [6.07, 6.45) is 0.414. The molecular weight excluding hydrogens is 506 g/mol. The summed E-state index contributed by atoms with van der Waals surface area (Å²) >= 11 is 6.15. The molecule has 1 aliphatic heterocycles. The van der Waals surface area contributed by atoms with Gasteiger partial charge < -0.3 is 24.9 Å². The van der Waals surface area contributed by atoms with Gasteiger partial charge in [-0.15, -0.1) is 0 Å². The molecule has 4 aromatic rings. The Balaban J connectivity index is 1.53. The van der Waals surface area contributed by atoms with Gasteiger partial charge in [-0.3, -0.25) is 14.6 Å². The molecule has 0 fully saturated rings. The highest BCUT2D eigenvalue weighted by Crippen LogP contribution is 2.39. The molecule has 0 saturated heterocycles. The molecule has 0 radical (unpaired) electrons. The number of anilines is 3. The van der Waals surface area contributed by atoms with Gasteiger partial charge in [0.25, 0.3) is 5.91 Å². The number of halogens is 1. The molecule has 1 aromatic heterocycles. The smallest absolute Gasteiger partial charge is 0.408 e. The summed E-state index contributed by atoms with van der Waals surface area (Å²) in [5.41, 5.74) is 5.34. The number of carbonyl (C=O) groups excluding carboxylic acids is 2. The zero-order valence-electron chi connectivity index (χ0n) is 21.1. The van der Waals surface area contributed by atoms with Gasteiger partial charge >= 0.3 is 5.76 Å². The van der Waals surface area contributed by atoms with Crippen molar-refractivity contribution in [2.75, 3.05) is 43.2 Å². The Morgan fingerprint density at radius 1 is 1.00 bits per heavy atom. The predicted molar refractivity (Wildman–Crippen MR) is 150 cm³/mol. The lowest BCUT2D eigenvalue weighted by Crippen LogP contribution is -2.29. The average Bonchev–Trinajstić information content (AvgIpc) is 3.42. The molecule has 38 heavy (non-hydrogen) atoms. The lowest BCUT2D eigenvalue weighted by Gasteiger charge is -2.20. The van der Waals surface area contributed by atoms with Gasteiger partial charge in [-0.05, 0) is 68.7 Å². The quantitative estimate of drug-likeness (QED) is 0.300. The summed E-state index contributed by atoms with van der Waals surface area (Å²) in [6.45, 7) is 0.667. The lowest BCUT2D eigenvalue weighted by atomic mass is 9.99. The van der Waals surface area contributed by atoms with Gasteiger partial charge in [0.05, 0.1) is 22.5 Å². The highest BCUT2D eigenvalue weighted by Gasteiger charge is 2.29. The SMILES string of the molecule is CN(C)CCC(=O)N(C)c1ccc(N/C(=C2\C(=O)Nc3cc(Cl)ccc32)c2ccc3oc(=O)[nH]c3c2)cc1. The fourth-order valence-electron chi connectivity index (χ4n) is 4.32. The van der Waals surface area contributed by atoms with Crippen LogP contribution in [0.5, 0.6) is 0 Å². The van der Waals surface area contributed by atoms with E-state index >= 15 is 0 Å². The number of benzene rings is 3. The average molecular weight is 532 g/mol. The van der Waals surface area contributed by atoms with E-state index in [1.54, 1.807) is 48.3 Å². The van der Waals surface area contributed by atoms with E-state index in [1.165, 1.54) is 0 Å². The van der Waals surface area contributed by atoms with Crippen molar-refractivity contribution in [3.8, 4) is 0 Å². The number of H-pyrrole nitrogens is 1. The van der Waals surface area contributed by atoms with Crippen LogP contribution in [0.2, 0.25) is 5.02 Å². The van der Waals surface area contributed by atoms with E-state index in [0.29, 0.717) is 62.9 Å². The Kier molecular flexibility index (Phi) is 6.79. The molecule has 0 unspecified atom stereocenters. The molecule has 0 bridgehead atoms. The van der Waals surface area contributed by atoms with Crippen molar-refractivity contribution >= 4 is 62.8 Å². The fourth-order valence-corrected chi connectivity index (χ4v) is 4.50. The van der Waals surface area contributed by atoms with Crippen LogP contribution in [0.15, 0.2) is 69.9 Å². The Morgan fingerprint density at radius 2 is 1.76 bits per heavy atom. The first kappa shape index (κ1) is 25.3. The minimum Gasteiger partial charge on any atom is -0.408 e. The number of oxazole rings is 1. The van der Waals surface area contributed by atoms with Crippen LogP contribution in [0, 0.1) is 0 Å². The molecule has 2 heterocycles. The van der Waals surface area contributed by atoms with Crippen molar-refractivity contribution in [3.05, 3.63) is 87.4 Å². The van der Waals surface area contributed by atoms with Crippen molar-refractivity contribution in [1.82, 2.24) is 9.88 Å². The Hall–Kier alpha value is -4.34. The van der Waals surface area contributed by atoms with Crippen LogP contribution in [-0.4, -0.2) is 49.4 Å². The van der Waals surface area contributed by atoms with Gasteiger partial charge in [-0.2, -0.15) is 0 Å². The Bertz CT molecular complexity index is 1640. The second-order valence-corrected chi connectivity index (χ2v) is 9.73. The highest BCUT2D eigenvalue weighted by molar-refractivity contribution is 6.38.